The molecule has 6 atom stereocenters. The number of phenols is 1. The van der Waals surface area contributed by atoms with Crippen molar-refractivity contribution >= 4 is 57.4 Å². The van der Waals surface area contributed by atoms with Gasteiger partial charge in [0.25, 0.3) is 11.8 Å². The zero-order valence-corrected chi connectivity index (χ0v) is 29.0. The van der Waals surface area contributed by atoms with Gasteiger partial charge in [0.2, 0.25) is 11.8 Å². The number of nitrogens with one attached hydrogen (secondary N) is 1. The molecule has 0 radical (unpaired) electrons. The maximum absolute atomic E-state index is 15.5. The van der Waals surface area contributed by atoms with Crippen LogP contribution in [0.4, 0.5) is 11.4 Å². The number of aryl methyl sites for hydroxylation is 1. The van der Waals surface area contributed by atoms with Gasteiger partial charge in [0.15, 0.2) is 0 Å². The smallest absolute Gasteiger partial charge is 0.260 e. The van der Waals surface area contributed by atoms with Crippen molar-refractivity contribution < 1.29 is 24.3 Å². The van der Waals surface area contributed by atoms with Gasteiger partial charge in [0.1, 0.15) is 5.75 Å². The highest BCUT2D eigenvalue weighted by Gasteiger charge is 2.70. The average Bonchev–Trinajstić information content (AvgIpc) is 3.54. The number of fused-ring (bicyclic) bond motifs is 5. The van der Waals surface area contributed by atoms with Gasteiger partial charge in [-0.1, -0.05) is 102 Å². The van der Waals surface area contributed by atoms with E-state index in [0.717, 1.165) is 26.9 Å². The number of benzene rings is 5. The molecular weight excluding hydrogens is 674 g/mol. The Balaban J connectivity index is 1.28. The number of aromatic hydroxyl groups is 1. The zero-order valence-electron chi connectivity index (χ0n) is 28.2. The van der Waals surface area contributed by atoms with Gasteiger partial charge in [-0.2, -0.15) is 5.01 Å². The van der Waals surface area contributed by atoms with E-state index in [1.807, 2.05) is 97.9 Å². The third-order valence-corrected chi connectivity index (χ3v) is 12.0. The number of amides is 4. The number of rotatable bonds is 5. The summed E-state index contributed by atoms with van der Waals surface area (Å²) in [5.74, 6) is -5.26. The summed E-state index contributed by atoms with van der Waals surface area (Å²) in [6.45, 7) is 1.96. The molecule has 258 valence electrons. The number of imide groups is 2. The molecule has 2 heterocycles. The second-order valence-electron chi connectivity index (χ2n) is 14.3. The zero-order chi connectivity index (χ0) is 35.9. The van der Waals surface area contributed by atoms with Crippen LogP contribution in [-0.2, 0) is 24.6 Å². The first kappa shape index (κ1) is 32.2. The number of carbonyl (C=O) groups excluding carboxylic acids is 4. The summed E-state index contributed by atoms with van der Waals surface area (Å²) in [4.78, 5) is 60.3. The first-order valence-electron chi connectivity index (χ1n) is 17.5. The Morgan fingerprint density at radius 1 is 0.769 bits per heavy atom. The van der Waals surface area contributed by atoms with Gasteiger partial charge in [-0.3, -0.25) is 29.5 Å². The van der Waals surface area contributed by atoms with Crippen LogP contribution in [0.25, 0.3) is 10.8 Å². The largest absolute Gasteiger partial charge is 0.508 e. The molecule has 0 spiro atoms. The fraction of sp³-hybridized carbons (Fsp3) is 0.209. The van der Waals surface area contributed by atoms with Gasteiger partial charge in [-0.05, 0) is 84.5 Å². The molecule has 5 aromatic carbocycles. The van der Waals surface area contributed by atoms with E-state index >= 15 is 4.79 Å². The molecule has 0 bridgehead atoms. The maximum atomic E-state index is 15.5. The first-order valence-corrected chi connectivity index (χ1v) is 17.9. The van der Waals surface area contributed by atoms with Gasteiger partial charge in [-0.15, -0.1) is 0 Å². The van der Waals surface area contributed by atoms with Crippen molar-refractivity contribution in [3.05, 3.63) is 149 Å². The molecule has 6 unspecified atom stereocenters. The summed E-state index contributed by atoms with van der Waals surface area (Å²) < 4.78 is 0. The second-order valence-corrected chi connectivity index (χ2v) is 14.7. The molecule has 9 rings (SSSR count). The lowest BCUT2D eigenvalue weighted by molar-refractivity contribution is -0.138. The molecule has 9 heteroatoms. The minimum atomic E-state index is -1.49. The summed E-state index contributed by atoms with van der Waals surface area (Å²) >= 11 is 6.16. The number of anilines is 2. The maximum Gasteiger partial charge on any atom is 0.260 e. The number of hydrazine groups is 1. The highest BCUT2D eigenvalue weighted by molar-refractivity contribution is 6.31. The van der Waals surface area contributed by atoms with Gasteiger partial charge in [0.05, 0.1) is 34.5 Å². The van der Waals surface area contributed by atoms with E-state index < -0.39 is 46.8 Å². The number of hydrogen-bond acceptors (Lipinski definition) is 6. The topological polar surface area (TPSA) is 107 Å². The average molecular weight is 708 g/mol. The predicted molar refractivity (Wildman–Crippen MR) is 198 cm³/mol. The van der Waals surface area contributed by atoms with Crippen LogP contribution in [0.3, 0.4) is 0 Å². The minimum absolute atomic E-state index is 0.0109. The van der Waals surface area contributed by atoms with Crippen molar-refractivity contribution in [1.82, 2.24) is 5.01 Å². The third kappa shape index (κ3) is 4.53. The standard InChI is InChI=1S/C43H34ClN3O5/c1-24-11-16-28(17-12-24)45-47-40(50)34-23-33-31(20-21-32-36(33)41(51)46(39(32)49)29-18-14-27(44)15-19-29)38(43(34,42(47)52)26-8-3-2-4-9-26)37-30-10-6-5-7-25(30)13-22-35(37)48/h2-20,22,32-34,36,38,45,48H,21,23H2,1H3. The van der Waals surface area contributed by atoms with Crippen molar-refractivity contribution in [2.75, 3.05) is 10.3 Å². The molecule has 2 aliphatic carbocycles. The molecule has 2 saturated heterocycles. The molecule has 2 N–H and O–H groups in total. The van der Waals surface area contributed by atoms with Crippen molar-refractivity contribution in [2.45, 2.75) is 31.1 Å². The van der Waals surface area contributed by atoms with E-state index in [1.54, 1.807) is 30.3 Å². The van der Waals surface area contributed by atoms with E-state index in [4.69, 9.17) is 11.6 Å². The Morgan fingerprint density at radius 2 is 1.48 bits per heavy atom. The fourth-order valence-corrected chi connectivity index (χ4v) is 9.62. The number of hydrogen-bond donors (Lipinski definition) is 2. The normalized spacial score (nSPS) is 26.7. The minimum Gasteiger partial charge on any atom is -0.508 e. The lowest BCUT2D eigenvalue weighted by Crippen LogP contribution is -2.53. The SMILES string of the molecule is Cc1ccc(NN2C(=O)C3CC4C(=CCC5C(=O)N(c6ccc(Cl)cc6)C(=O)C54)C(c4c(O)ccc5ccccc45)C3(c3ccccc3)C2=O)cc1. The number of carbonyl (C=O) groups is 4. The predicted octanol–water partition coefficient (Wildman–Crippen LogP) is 7.70. The van der Waals surface area contributed by atoms with E-state index in [9.17, 15) is 19.5 Å². The Hall–Kier alpha value is -5.73. The molecular formula is C43H34ClN3O5. The van der Waals surface area contributed by atoms with Crippen LogP contribution in [0, 0.1) is 30.6 Å². The molecule has 0 aromatic heterocycles. The first-order chi connectivity index (χ1) is 25.2. The molecule has 8 nitrogen and oxygen atoms in total. The van der Waals surface area contributed by atoms with Crippen LogP contribution in [0.15, 0.2) is 127 Å². The molecule has 4 amide bonds. The second kappa shape index (κ2) is 11.9. The Morgan fingerprint density at radius 3 is 2.23 bits per heavy atom. The van der Waals surface area contributed by atoms with Gasteiger partial charge < -0.3 is 5.11 Å². The Bertz CT molecular complexity index is 2340. The summed E-state index contributed by atoms with van der Waals surface area (Å²) in [6.07, 6.45) is 2.44. The van der Waals surface area contributed by atoms with Crippen molar-refractivity contribution in [1.29, 1.82) is 0 Å². The quantitative estimate of drug-likeness (QED) is 0.143. The van der Waals surface area contributed by atoms with E-state index in [-0.39, 0.29) is 30.4 Å². The van der Waals surface area contributed by atoms with Crippen molar-refractivity contribution in [3.8, 4) is 5.75 Å². The van der Waals surface area contributed by atoms with E-state index in [1.165, 1.54) is 4.90 Å². The number of allylic oxidation sites excluding steroid dienone is 2. The molecule has 5 aromatic rings. The summed E-state index contributed by atoms with van der Waals surface area (Å²) in [6, 6.07) is 34.6. The summed E-state index contributed by atoms with van der Waals surface area (Å²) in [7, 11) is 0. The number of halogens is 1. The lowest BCUT2D eigenvalue weighted by atomic mass is 9.48. The van der Waals surface area contributed by atoms with Gasteiger partial charge in [-0.25, -0.2) is 0 Å². The van der Waals surface area contributed by atoms with Crippen LogP contribution < -0.4 is 10.3 Å². The highest BCUT2D eigenvalue weighted by atomic mass is 35.5. The summed E-state index contributed by atoms with van der Waals surface area (Å²) in [5.41, 5.74) is 5.62. The van der Waals surface area contributed by atoms with Gasteiger partial charge >= 0.3 is 0 Å². The molecule has 4 aliphatic rings. The molecule has 52 heavy (non-hydrogen) atoms. The van der Waals surface area contributed by atoms with Gasteiger partial charge in [0, 0.05) is 16.5 Å². The van der Waals surface area contributed by atoms with Crippen LogP contribution in [0.2, 0.25) is 5.02 Å². The lowest BCUT2D eigenvalue weighted by Gasteiger charge is -2.51. The summed E-state index contributed by atoms with van der Waals surface area (Å²) in [5, 5.41) is 15.1. The van der Waals surface area contributed by atoms with E-state index in [2.05, 4.69) is 5.43 Å². The van der Waals surface area contributed by atoms with Crippen molar-refractivity contribution in [3.63, 3.8) is 0 Å². The number of phenolic OH excluding ortho intramolecular Hbond substituents is 1. The number of nitrogens with zero attached hydrogens (tertiary/aromatic N) is 2. The Kier molecular flexibility index (Phi) is 7.38. The molecule has 3 fully saturated rings. The van der Waals surface area contributed by atoms with Crippen molar-refractivity contribution in [2.24, 2.45) is 23.7 Å². The van der Waals surface area contributed by atoms with Crippen LogP contribution in [-0.4, -0.2) is 33.7 Å². The molecule has 1 saturated carbocycles. The highest BCUT2D eigenvalue weighted by Crippen LogP contribution is 2.65. The molecule has 2 aliphatic heterocycles. The van der Waals surface area contributed by atoms with Crippen LogP contribution in [0.1, 0.15) is 35.4 Å². The third-order valence-electron chi connectivity index (χ3n) is 11.7. The van der Waals surface area contributed by atoms with E-state index in [0.29, 0.717) is 27.5 Å². The fourth-order valence-electron chi connectivity index (χ4n) is 9.49. The monoisotopic (exact) mass is 707 g/mol. The Labute approximate surface area is 305 Å². The van der Waals surface area contributed by atoms with Crippen LogP contribution >= 0.6 is 11.6 Å². The van der Waals surface area contributed by atoms with Crippen LogP contribution in [0.5, 0.6) is 5.75 Å².